The first-order valence-corrected chi connectivity index (χ1v) is 9.95. The lowest BCUT2D eigenvalue weighted by atomic mass is 10.1. The largest absolute Gasteiger partial charge is 0.370 e. The van der Waals surface area contributed by atoms with Crippen LogP contribution >= 0.6 is 0 Å². The summed E-state index contributed by atoms with van der Waals surface area (Å²) in [6.45, 7) is 0.306. The standard InChI is InChI=1S/C19H21N5O2S/c20-19(21)24-17-8-2-1-5-14(17)7-4-11-23-27(25,26)18-9-3-6-15-13-22-12-10-16(15)18/h1-3,5-6,8-10,12-13,23H,4,7,11H2,(H4,20,21,24). The van der Waals surface area contributed by atoms with Crippen molar-refractivity contribution in [1.29, 1.82) is 0 Å². The van der Waals surface area contributed by atoms with Crippen LogP contribution in [0.3, 0.4) is 0 Å². The Bertz CT molecular complexity index is 1070. The van der Waals surface area contributed by atoms with E-state index in [4.69, 9.17) is 11.5 Å². The van der Waals surface area contributed by atoms with E-state index in [0.717, 1.165) is 10.9 Å². The van der Waals surface area contributed by atoms with Crippen molar-refractivity contribution in [1.82, 2.24) is 9.71 Å². The maximum absolute atomic E-state index is 12.7. The molecule has 0 spiro atoms. The number of nitrogens with two attached hydrogens (primary N) is 2. The molecule has 0 fully saturated rings. The summed E-state index contributed by atoms with van der Waals surface area (Å²) in [6, 6.07) is 14.3. The molecule has 3 aromatic rings. The van der Waals surface area contributed by atoms with Crippen LogP contribution in [-0.2, 0) is 16.4 Å². The Morgan fingerprint density at radius 2 is 1.89 bits per heavy atom. The van der Waals surface area contributed by atoms with Gasteiger partial charge in [-0.05, 0) is 36.6 Å². The second-order valence-electron chi connectivity index (χ2n) is 6.02. The van der Waals surface area contributed by atoms with Gasteiger partial charge < -0.3 is 11.5 Å². The number of aromatic nitrogens is 1. The SMILES string of the molecule is NC(N)=Nc1ccccc1CCCNS(=O)(=O)c1cccc2cnccc12. The number of rotatable bonds is 7. The summed E-state index contributed by atoms with van der Waals surface area (Å²) in [5, 5.41) is 1.43. The highest BCUT2D eigenvalue weighted by Gasteiger charge is 2.16. The molecule has 2 aromatic carbocycles. The summed E-state index contributed by atoms with van der Waals surface area (Å²) in [7, 11) is -3.62. The third-order valence-electron chi connectivity index (χ3n) is 4.09. The molecule has 0 aliphatic carbocycles. The molecular weight excluding hydrogens is 362 g/mol. The van der Waals surface area contributed by atoms with Crippen LogP contribution in [0, 0.1) is 0 Å². The van der Waals surface area contributed by atoms with Gasteiger partial charge in [-0.3, -0.25) is 4.98 Å². The van der Waals surface area contributed by atoms with E-state index < -0.39 is 10.0 Å². The molecule has 7 nitrogen and oxygen atoms in total. The summed E-state index contributed by atoms with van der Waals surface area (Å²) in [5.41, 5.74) is 12.5. The van der Waals surface area contributed by atoms with Crippen LogP contribution in [0.2, 0.25) is 0 Å². The molecule has 0 bridgehead atoms. The first-order chi connectivity index (χ1) is 13.0. The third-order valence-corrected chi connectivity index (χ3v) is 5.61. The summed E-state index contributed by atoms with van der Waals surface area (Å²) in [4.78, 5) is 8.38. The summed E-state index contributed by atoms with van der Waals surface area (Å²) in [6.07, 6.45) is 4.49. The fraction of sp³-hybridized carbons (Fsp3) is 0.158. The number of hydrogen-bond donors (Lipinski definition) is 3. The molecule has 0 aliphatic rings. The van der Waals surface area contributed by atoms with Crippen molar-refractivity contribution in [2.24, 2.45) is 16.5 Å². The molecule has 0 atom stereocenters. The van der Waals surface area contributed by atoms with E-state index in [1.54, 1.807) is 30.6 Å². The number of pyridine rings is 1. The van der Waals surface area contributed by atoms with Crippen molar-refractivity contribution in [2.45, 2.75) is 17.7 Å². The minimum atomic E-state index is -3.62. The Morgan fingerprint density at radius 3 is 2.70 bits per heavy atom. The van der Waals surface area contributed by atoms with Crippen LogP contribution in [0.15, 0.2) is 70.8 Å². The number of benzene rings is 2. The molecule has 1 aromatic heterocycles. The fourth-order valence-corrected chi connectivity index (χ4v) is 4.16. The van der Waals surface area contributed by atoms with Gasteiger partial charge in [0, 0.05) is 29.7 Å². The predicted octanol–water partition coefficient (Wildman–Crippen LogP) is 2.05. The second-order valence-corrected chi connectivity index (χ2v) is 7.76. The van der Waals surface area contributed by atoms with Crippen molar-refractivity contribution >= 4 is 32.4 Å². The minimum absolute atomic E-state index is 0.00593. The number of aryl methyl sites for hydroxylation is 1. The number of nitrogens with zero attached hydrogens (tertiary/aromatic N) is 2. The molecule has 0 amide bonds. The van der Waals surface area contributed by atoms with Gasteiger partial charge in [-0.1, -0.05) is 30.3 Å². The molecule has 140 valence electrons. The van der Waals surface area contributed by atoms with E-state index in [9.17, 15) is 8.42 Å². The zero-order chi connectivity index (χ0) is 19.3. The number of para-hydroxylation sites is 1. The summed E-state index contributed by atoms with van der Waals surface area (Å²) >= 11 is 0. The van der Waals surface area contributed by atoms with Crippen molar-refractivity contribution in [3.05, 3.63) is 66.5 Å². The highest BCUT2D eigenvalue weighted by atomic mass is 32.2. The quantitative estimate of drug-likeness (QED) is 0.327. The molecular formula is C19H21N5O2S. The lowest BCUT2D eigenvalue weighted by Gasteiger charge is -2.10. The molecule has 0 saturated carbocycles. The van der Waals surface area contributed by atoms with Crippen molar-refractivity contribution in [2.75, 3.05) is 6.54 Å². The first-order valence-electron chi connectivity index (χ1n) is 8.47. The van der Waals surface area contributed by atoms with Crippen molar-refractivity contribution in [3.63, 3.8) is 0 Å². The van der Waals surface area contributed by atoms with Crippen LogP contribution in [0.5, 0.6) is 0 Å². The third kappa shape index (κ3) is 4.60. The topological polar surface area (TPSA) is 123 Å². The van der Waals surface area contributed by atoms with Crippen molar-refractivity contribution < 1.29 is 8.42 Å². The van der Waals surface area contributed by atoms with E-state index in [1.165, 1.54) is 0 Å². The summed E-state index contributed by atoms with van der Waals surface area (Å²) < 4.78 is 28.0. The number of aliphatic imine (C=N–C) groups is 1. The molecule has 0 radical (unpaired) electrons. The van der Waals surface area contributed by atoms with Crippen LogP contribution in [0.25, 0.3) is 10.8 Å². The van der Waals surface area contributed by atoms with Gasteiger partial charge in [-0.2, -0.15) is 0 Å². The second kappa shape index (κ2) is 8.15. The van der Waals surface area contributed by atoms with Gasteiger partial charge in [0.1, 0.15) is 0 Å². The van der Waals surface area contributed by atoms with Gasteiger partial charge in [0.2, 0.25) is 10.0 Å². The first kappa shape index (κ1) is 18.8. The Hall–Kier alpha value is -2.97. The lowest BCUT2D eigenvalue weighted by molar-refractivity contribution is 0.580. The zero-order valence-corrected chi connectivity index (χ0v) is 15.5. The van der Waals surface area contributed by atoms with Gasteiger partial charge in [0.25, 0.3) is 0 Å². The smallest absolute Gasteiger partial charge is 0.241 e. The van der Waals surface area contributed by atoms with Crippen LogP contribution in [-0.4, -0.2) is 25.9 Å². The van der Waals surface area contributed by atoms with E-state index in [2.05, 4.69) is 14.7 Å². The van der Waals surface area contributed by atoms with Gasteiger partial charge >= 0.3 is 0 Å². The Labute approximate surface area is 158 Å². The zero-order valence-electron chi connectivity index (χ0n) is 14.7. The maximum Gasteiger partial charge on any atom is 0.241 e. The van der Waals surface area contributed by atoms with Gasteiger partial charge in [0.15, 0.2) is 5.96 Å². The number of sulfonamides is 1. The van der Waals surface area contributed by atoms with E-state index in [1.807, 2.05) is 30.3 Å². The molecule has 1 heterocycles. The van der Waals surface area contributed by atoms with Crippen LogP contribution in [0.1, 0.15) is 12.0 Å². The highest BCUT2D eigenvalue weighted by molar-refractivity contribution is 7.89. The predicted molar refractivity (Wildman–Crippen MR) is 107 cm³/mol. The number of guanidine groups is 1. The normalized spacial score (nSPS) is 11.4. The average Bonchev–Trinajstić information content (AvgIpc) is 2.65. The van der Waals surface area contributed by atoms with Crippen LogP contribution < -0.4 is 16.2 Å². The molecule has 27 heavy (non-hydrogen) atoms. The maximum atomic E-state index is 12.7. The summed E-state index contributed by atoms with van der Waals surface area (Å²) in [5.74, 6) is -0.00593. The minimum Gasteiger partial charge on any atom is -0.370 e. The van der Waals surface area contributed by atoms with E-state index in [-0.39, 0.29) is 10.9 Å². The van der Waals surface area contributed by atoms with Crippen LogP contribution in [0.4, 0.5) is 5.69 Å². The average molecular weight is 383 g/mol. The van der Waals surface area contributed by atoms with Gasteiger partial charge in [0.05, 0.1) is 10.6 Å². The molecule has 0 saturated heterocycles. The highest BCUT2D eigenvalue weighted by Crippen LogP contribution is 2.22. The molecule has 8 heteroatoms. The number of hydrogen-bond acceptors (Lipinski definition) is 4. The number of fused-ring (bicyclic) bond motifs is 1. The molecule has 5 N–H and O–H groups in total. The van der Waals surface area contributed by atoms with Gasteiger partial charge in [-0.15, -0.1) is 0 Å². The Balaban J connectivity index is 1.68. The van der Waals surface area contributed by atoms with E-state index in [0.29, 0.717) is 30.5 Å². The Morgan fingerprint density at radius 1 is 1.07 bits per heavy atom. The Kier molecular flexibility index (Phi) is 5.68. The van der Waals surface area contributed by atoms with E-state index >= 15 is 0 Å². The lowest BCUT2D eigenvalue weighted by Crippen LogP contribution is -2.25. The van der Waals surface area contributed by atoms with Crippen molar-refractivity contribution in [3.8, 4) is 0 Å². The molecule has 0 aliphatic heterocycles. The molecule has 3 rings (SSSR count). The monoisotopic (exact) mass is 383 g/mol. The fourth-order valence-electron chi connectivity index (χ4n) is 2.86. The molecule has 0 unspecified atom stereocenters. The number of nitrogens with one attached hydrogen (secondary N) is 1. The van der Waals surface area contributed by atoms with Gasteiger partial charge in [-0.25, -0.2) is 18.1 Å².